The van der Waals surface area contributed by atoms with Crippen LogP contribution in [0.5, 0.6) is 0 Å². The maximum atomic E-state index is 12.9. The van der Waals surface area contributed by atoms with Crippen molar-refractivity contribution in [3.8, 4) is 11.5 Å². The van der Waals surface area contributed by atoms with E-state index in [4.69, 9.17) is 9.15 Å². The molecule has 0 fully saturated rings. The minimum absolute atomic E-state index is 0.0857. The van der Waals surface area contributed by atoms with E-state index >= 15 is 0 Å². The number of aromatic nitrogens is 1. The van der Waals surface area contributed by atoms with E-state index in [-0.39, 0.29) is 11.6 Å². The Balaban J connectivity index is 1.49. The number of esters is 1. The number of aryl methyl sites for hydroxylation is 2. The molecule has 3 aromatic rings. The first-order valence-corrected chi connectivity index (χ1v) is 9.67. The van der Waals surface area contributed by atoms with Gasteiger partial charge in [0, 0.05) is 17.8 Å². The number of anilines is 1. The summed E-state index contributed by atoms with van der Waals surface area (Å²) in [7, 11) is 0. The summed E-state index contributed by atoms with van der Waals surface area (Å²) in [5.41, 5.74) is 2.87. The summed E-state index contributed by atoms with van der Waals surface area (Å²) >= 11 is 0. The second-order valence-corrected chi connectivity index (χ2v) is 7.06. The number of nitrogens with zero attached hydrogens (tertiary/aromatic N) is 2. The first-order chi connectivity index (χ1) is 14.0. The van der Waals surface area contributed by atoms with Crippen molar-refractivity contribution in [2.45, 2.75) is 32.8 Å². The van der Waals surface area contributed by atoms with Crippen LogP contribution in [-0.2, 0) is 16.0 Å². The number of benzene rings is 2. The van der Waals surface area contributed by atoms with Crippen molar-refractivity contribution in [1.29, 1.82) is 0 Å². The summed E-state index contributed by atoms with van der Waals surface area (Å²) < 4.78 is 11.1. The molecule has 1 aliphatic rings. The van der Waals surface area contributed by atoms with Crippen LogP contribution in [0.15, 0.2) is 59.0 Å². The quantitative estimate of drug-likeness (QED) is 0.625. The maximum absolute atomic E-state index is 12.9. The maximum Gasteiger partial charge on any atom is 0.361 e. The lowest BCUT2D eigenvalue weighted by Gasteiger charge is -2.31. The lowest BCUT2D eigenvalue weighted by atomic mass is 10.0. The molecule has 0 unspecified atom stereocenters. The number of amides is 1. The number of carbonyl (C=O) groups excluding carboxylic acids is 2. The fourth-order valence-electron chi connectivity index (χ4n) is 3.54. The number of rotatable bonds is 4. The molecule has 4 rings (SSSR count). The summed E-state index contributed by atoms with van der Waals surface area (Å²) in [6.45, 7) is 3.85. The SMILES string of the molecule is Cc1oc(-c2ccccc2)nc1C(=O)O[C@H](C)C(=O)N1CCCc2ccccc21. The smallest absolute Gasteiger partial charge is 0.361 e. The summed E-state index contributed by atoms with van der Waals surface area (Å²) in [6, 6.07) is 17.1. The molecule has 0 bridgehead atoms. The highest BCUT2D eigenvalue weighted by Gasteiger charge is 2.30. The number of carbonyl (C=O) groups is 2. The van der Waals surface area contributed by atoms with E-state index in [0.717, 1.165) is 29.7 Å². The van der Waals surface area contributed by atoms with E-state index in [2.05, 4.69) is 4.98 Å². The molecule has 2 heterocycles. The first kappa shape index (κ1) is 18.9. The number of para-hydroxylation sites is 1. The van der Waals surface area contributed by atoms with Gasteiger partial charge in [0.15, 0.2) is 11.8 Å². The zero-order valence-electron chi connectivity index (χ0n) is 16.4. The second kappa shape index (κ2) is 7.91. The van der Waals surface area contributed by atoms with Crippen molar-refractivity contribution in [1.82, 2.24) is 4.98 Å². The van der Waals surface area contributed by atoms with E-state index in [1.807, 2.05) is 54.6 Å². The Morgan fingerprint density at radius 2 is 1.83 bits per heavy atom. The van der Waals surface area contributed by atoms with E-state index in [9.17, 15) is 9.59 Å². The largest absolute Gasteiger partial charge is 0.448 e. The van der Waals surface area contributed by atoms with Gasteiger partial charge in [-0.2, -0.15) is 0 Å². The number of hydrogen-bond donors (Lipinski definition) is 0. The van der Waals surface area contributed by atoms with E-state index in [0.29, 0.717) is 18.2 Å². The molecule has 1 aliphatic heterocycles. The molecule has 1 aromatic heterocycles. The average molecular weight is 390 g/mol. The van der Waals surface area contributed by atoms with Crippen LogP contribution in [0.1, 0.15) is 35.2 Å². The van der Waals surface area contributed by atoms with Crippen molar-refractivity contribution in [3.05, 3.63) is 71.6 Å². The van der Waals surface area contributed by atoms with Crippen LogP contribution in [0.4, 0.5) is 5.69 Å². The highest BCUT2D eigenvalue weighted by Crippen LogP contribution is 2.28. The normalized spacial score (nSPS) is 14.2. The molecule has 1 atom stereocenters. The Morgan fingerprint density at radius 3 is 2.62 bits per heavy atom. The number of ether oxygens (including phenoxy) is 1. The molecule has 148 valence electrons. The Kier molecular flexibility index (Phi) is 5.16. The zero-order chi connectivity index (χ0) is 20.4. The van der Waals surface area contributed by atoms with Crippen LogP contribution < -0.4 is 4.90 Å². The van der Waals surface area contributed by atoms with Gasteiger partial charge in [0.1, 0.15) is 5.76 Å². The molecule has 0 radical (unpaired) electrons. The molecule has 6 nitrogen and oxygen atoms in total. The molecule has 6 heteroatoms. The third-order valence-electron chi connectivity index (χ3n) is 5.02. The van der Waals surface area contributed by atoms with Gasteiger partial charge in [0.2, 0.25) is 5.89 Å². The molecule has 0 saturated heterocycles. The second-order valence-electron chi connectivity index (χ2n) is 7.06. The predicted octanol–water partition coefficient (Wildman–Crippen LogP) is 4.17. The van der Waals surface area contributed by atoms with Crippen LogP contribution in [0.2, 0.25) is 0 Å². The van der Waals surface area contributed by atoms with Gasteiger partial charge < -0.3 is 14.1 Å². The fourth-order valence-corrected chi connectivity index (χ4v) is 3.54. The van der Waals surface area contributed by atoms with Gasteiger partial charge in [-0.05, 0) is 50.5 Å². The van der Waals surface area contributed by atoms with Crippen LogP contribution >= 0.6 is 0 Å². The van der Waals surface area contributed by atoms with Gasteiger partial charge in [-0.1, -0.05) is 36.4 Å². The molecule has 0 N–H and O–H groups in total. The molecule has 0 spiro atoms. The van der Waals surface area contributed by atoms with Crippen LogP contribution in [0.25, 0.3) is 11.5 Å². The van der Waals surface area contributed by atoms with Gasteiger partial charge in [-0.3, -0.25) is 4.79 Å². The first-order valence-electron chi connectivity index (χ1n) is 9.67. The third kappa shape index (κ3) is 3.78. The van der Waals surface area contributed by atoms with Gasteiger partial charge in [0.05, 0.1) is 0 Å². The topological polar surface area (TPSA) is 72.6 Å². The Morgan fingerprint density at radius 1 is 1.10 bits per heavy atom. The van der Waals surface area contributed by atoms with Crippen LogP contribution in [-0.4, -0.2) is 29.5 Å². The number of hydrogen-bond acceptors (Lipinski definition) is 5. The summed E-state index contributed by atoms with van der Waals surface area (Å²) in [4.78, 5) is 31.6. The summed E-state index contributed by atoms with van der Waals surface area (Å²) in [6.07, 6.45) is 0.894. The van der Waals surface area contributed by atoms with Crippen molar-refractivity contribution in [2.24, 2.45) is 0 Å². The molecular weight excluding hydrogens is 368 g/mol. The fraction of sp³-hybridized carbons (Fsp3) is 0.261. The molecule has 2 aromatic carbocycles. The highest BCUT2D eigenvalue weighted by molar-refractivity contribution is 5.99. The summed E-state index contributed by atoms with van der Waals surface area (Å²) in [5.74, 6) is -0.203. The standard InChI is InChI=1S/C23H22N2O4/c1-15-20(24-21(28-15)18-10-4-3-5-11-18)23(27)29-16(2)22(26)25-14-8-12-17-9-6-7-13-19(17)25/h3-7,9-11,13,16H,8,12,14H2,1-2H3/t16-/m1/s1. The molecule has 29 heavy (non-hydrogen) atoms. The lowest BCUT2D eigenvalue weighted by molar-refractivity contribution is -0.126. The molecular formula is C23H22N2O4. The molecule has 0 aliphatic carbocycles. The predicted molar refractivity (Wildman–Crippen MR) is 109 cm³/mol. The Labute approximate surface area is 169 Å². The highest BCUT2D eigenvalue weighted by atomic mass is 16.5. The lowest BCUT2D eigenvalue weighted by Crippen LogP contribution is -2.42. The number of fused-ring (bicyclic) bond motifs is 1. The van der Waals surface area contributed by atoms with Gasteiger partial charge in [-0.25, -0.2) is 9.78 Å². The van der Waals surface area contributed by atoms with Gasteiger partial charge in [0.25, 0.3) is 5.91 Å². The van der Waals surface area contributed by atoms with E-state index in [1.165, 1.54) is 0 Å². The van der Waals surface area contributed by atoms with E-state index in [1.54, 1.807) is 18.7 Å². The average Bonchev–Trinajstić information content (AvgIpc) is 3.15. The van der Waals surface area contributed by atoms with Crippen LogP contribution in [0.3, 0.4) is 0 Å². The summed E-state index contributed by atoms with van der Waals surface area (Å²) in [5, 5.41) is 0. The monoisotopic (exact) mass is 390 g/mol. The minimum atomic E-state index is -0.926. The number of oxazole rings is 1. The van der Waals surface area contributed by atoms with Gasteiger partial charge in [-0.15, -0.1) is 0 Å². The van der Waals surface area contributed by atoms with Crippen molar-refractivity contribution in [2.75, 3.05) is 11.4 Å². The molecule has 0 saturated carbocycles. The van der Waals surface area contributed by atoms with Crippen LogP contribution in [0, 0.1) is 6.92 Å². The third-order valence-corrected chi connectivity index (χ3v) is 5.02. The Bertz CT molecular complexity index is 1040. The van der Waals surface area contributed by atoms with Crippen molar-refractivity contribution in [3.63, 3.8) is 0 Å². The zero-order valence-corrected chi connectivity index (χ0v) is 16.4. The Hall–Kier alpha value is -3.41. The molecule has 1 amide bonds. The minimum Gasteiger partial charge on any atom is -0.448 e. The van der Waals surface area contributed by atoms with E-state index < -0.39 is 12.1 Å². The van der Waals surface area contributed by atoms with Crippen molar-refractivity contribution < 1.29 is 18.7 Å². The van der Waals surface area contributed by atoms with Crippen molar-refractivity contribution >= 4 is 17.6 Å². The van der Waals surface area contributed by atoms with Gasteiger partial charge >= 0.3 is 5.97 Å².